The summed E-state index contributed by atoms with van der Waals surface area (Å²) in [5, 5.41) is 2.90. The average molecular weight is 283 g/mol. The number of rotatable bonds is 5. The second-order valence-electron chi connectivity index (χ2n) is 4.73. The maximum absolute atomic E-state index is 6.05. The molecule has 0 aliphatic carbocycles. The van der Waals surface area contributed by atoms with Crippen LogP contribution in [0.1, 0.15) is 18.7 Å². The van der Waals surface area contributed by atoms with E-state index in [2.05, 4.69) is 25.8 Å². The Balaban J connectivity index is 0.00000225. The summed E-state index contributed by atoms with van der Waals surface area (Å²) in [6, 6.07) is 1.95. The lowest BCUT2D eigenvalue weighted by atomic mass is 9.93. The number of hydrogen-bond donors (Lipinski definition) is 1. The van der Waals surface area contributed by atoms with E-state index < -0.39 is 0 Å². The van der Waals surface area contributed by atoms with Crippen molar-refractivity contribution < 1.29 is 0 Å². The van der Waals surface area contributed by atoms with Crippen molar-refractivity contribution in [1.29, 1.82) is 0 Å². The first-order valence-corrected chi connectivity index (χ1v) is 6.31. The van der Waals surface area contributed by atoms with Crippen molar-refractivity contribution in [2.75, 3.05) is 20.1 Å². The van der Waals surface area contributed by atoms with E-state index in [1.165, 1.54) is 4.88 Å². The molecule has 94 valence electrons. The van der Waals surface area contributed by atoms with E-state index in [4.69, 9.17) is 17.3 Å². The summed E-state index contributed by atoms with van der Waals surface area (Å²) < 4.78 is 0. The Morgan fingerprint density at radius 1 is 1.50 bits per heavy atom. The van der Waals surface area contributed by atoms with Gasteiger partial charge in [0.15, 0.2) is 0 Å². The molecule has 1 heterocycles. The highest BCUT2D eigenvalue weighted by atomic mass is 35.5. The van der Waals surface area contributed by atoms with Gasteiger partial charge in [0.25, 0.3) is 0 Å². The quantitative estimate of drug-likeness (QED) is 0.899. The third-order valence-electron chi connectivity index (χ3n) is 2.36. The topological polar surface area (TPSA) is 29.3 Å². The highest BCUT2D eigenvalue weighted by molar-refractivity contribution is 7.10. The lowest BCUT2D eigenvalue weighted by molar-refractivity contribution is 0.211. The van der Waals surface area contributed by atoms with Crippen molar-refractivity contribution in [2.45, 2.75) is 20.4 Å². The molecule has 2 N–H and O–H groups in total. The Kier molecular flexibility index (Phi) is 6.90. The van der Waals surface area contributed by atoms with Crippen LogP contribution in [-0.4, -0.2) is 25.0 Å². The fourth-order valence-electron chi connectivity index (χ4n) is 1.53. The average Bonchev–Trinajstić information content (AvgIpc) is 2.51. The van der Waals surface area contributed by atoms with Gasteiger partial charge in [0.05, 0.1) is 5.02 Å². The van der Waals surface area contributed by atoms with Gasteiger partial charge in [-0.05, 0) is 30.5 Å². The molecule has 1 aromatic rings. The van der Waals surface area contributed by atoms with Crippen LogP contribution < -0.4 is 5.73 Å². The molecule has 5 heteroatoms. The second kappa shape index (κ2) is 6.82. The predicted octanol–water partition coefficient (Wildman–Crippen LogP) is 3.24. The van der Waals surface area contributed by atoms with Gasteiger partial charge in [-0.15, -0.1) is 23.7 Å². The first kappa shape index (κ1) is 16.2. The van der Waals surface area contributed by atoms with E-state index >= 15 is 0 Å². The summed E-state index contributed by atoms with van der Waals surface area (Å²) in [7, 11) is 2.10. The fourth-order valence-corrected chi connectivity index (χ4v) is 2.71. The van der Waals surface area contributed by atoms with Crippen LogP contribution in [0.2, 0.25) is 5.02 Å². The molecule has 0 unspecified atom stereocenters. The third-order valence-corrected chi connectivity index (χ3v) is 3.73. The molecule has 16 heavy (non-hydrogen) atoms. The van der Waals surface area contributed by atoms with Crippen LogP contribution in [0.4, 0.5) is 0 Å². The molecule has 0 radical (unpaired) electrons. The van der Waals surface area contributed by atoms with Gasteiger partial charge in [-0.3, -0.25) is 0 Å². The van der Waals surface area contributed by atoms with Crippen molar-refractivity contribution >= 4 is 35.3 Å². The van der Waals surface area contributed by atoms with Gasteiger partial charge >= 0.3 is 0 Å². The fraction of sp³-hybridized carbons (Fsp3) is 0.636. The zero-order chi connectivity index (χ0) is 11.5. The molecule has 0 amide bonds. The standard InChI is InChI=1S/C11H19ClN2S.ClH/c1-11(2,7-13)8-14(3)6-10-9(12)4-5-15-10;/h4-5H,6-8,13H2,1-3H3;1H. The van der Waals surface area contributed by atoms with Gasteiger partial charge < -0.3 is 10.6 Å². The van der Waals surface area contributed by atoms with Crippen LogP contribution in [0.3, 0.4) is 0 Å². The molecule has 0 bridgehead atoms. The summed E-state index contributed by atoms with van der Waals surface area (Å²) in [6.45, 7) is 6.95. The molecule has 0 saturated heterocycles. The zero-order valence-corrected chi connectivity index (χ0v) is 12.4. The third kappa shape index (κ3) is 5.02. The van der Waals surface area contributed by atoms with E-state index in [-0.39, 0.29) is 17.8 Å². The van der Waals surface area contributed by atoms with Crippen LogP contribution in [-0.2, 0) is 6.54 Å². The molecule has 2 nitrogen and oxygen atoms in total. The van der Waals surface area contributed by atoms with E-state index in [1.54, 1.807) is 11.3 Å². The number of halogens is 2. The lowest BCUT2D eigenvalue weighted by Gasteiger charge is -2.28. The van der Waals surface area contributed by atoms with Crippen molar-refractivity contribution in [2.24, 2.45) is 11.1 Å². The number of nitrogens with zero attached hydrogens (tertiary/aromatic N) is 1. The first-order valence-electron chi connectivity index (χ1n) is 5.05. The Morgan fingerprint density at radius 2 is 2.12 bits per heavy atom. The van der Waals surface area contributed by atoms with E-state index in [1.807, 2.05) is 11.4 Å². The second-order valence-corrected chi connectivity index (χ2v) is 6.14. The highest BCUT2D eigenvalue weighted by Gasteiger charge is 2.18. The van der Waals surface area contributed by atoms with Gasteiger partial charge in [0.2, 0.25) is 0 Å². The summed E-state index contributed by atoms with van der Waals surface area (Å²) in [6.07, 6.45) is 0. The highest BCUT2D eigenvalue weighted by Crippen LogP contribution is 2.24. The monoisotopic (exact) mass is 282 g/mol. The molecule has 0 atom stereocenters. The smallest absolute Gasteiger partial charge is 0.0558 e. The minimum atomic E-state index is 0. The minimum absolute atomic E-state index is 0. The van der Waals surface area contributed by atoms with Gasteiger partial charge in [-0.1, -0.05) is 25.4 Å². The van der Waals surface area contributed by atoms with Gasteiger partial charge in [0.1, 0.15) is 0 Å². The molecular formula is C11H20Cl2N2S. The Bertz CT molecular complexity index is 313. The van der Waals surface area contributed by atoms with Crippen molar-refractivity contribution in [3.63, 3.8) is 0 Å². The minimum Gasteiger partial charge on any atom is -0.330 e. The Labute approximate surface area is 113 Å². The van der Waals surface area contributed by atoms with Gasteiger partial charge in [-0.25, -0.2) is 0 Å². The maximum Gasteiger partial charge on any atom is 0.0558 e. The molecule has 1 rings (SSSR count). The van der Waals surface area contributed by atoms with E-state index in [0.29, 0.717) is 6.54 Å². The molecule has 0 aromatic carbocycles. The molecule has 0 aliphatic heterocycles. The Morgan fingerprint density at radius 3 is 2.56 bits per heavy atom. The zero-order valence-electron chi connectivity index (χ0n) is 10.00. The van der Waals surface area contributed by atoms with Crippen LogP contribution in [0.15, 0.2) is 11.4 Å². The predicted molar refractivity (Wildman–Crippen MR) is 75.7 cm³/mol. The number of nitrogens with two attached hydrogens (primary N) is 1. The largest absolute Gasteiger partial charge is 0.330 e. The molecule has 0 aliphatic rings. The van der Waals surface area contributed by atoms with Crippen LogP contribution in [0.25, 0.3) is 0 Å². The maximum atomic E-state index is 6.05. The Hall–Kier alpha value is 0.200. The number of thiophene rings is 1. The van der Waals surface area contributed by atoms with Crippen molar-refractivity contribution in [1.82, 2.24) is 4.90 Å². The molecular weight excluding hydrogens is 263 g/mol. The molecule has 0 fully saturated rings. The molecule has 0 saturated carbocycles. The van der Waals surface area contributed by atoms with Crippen LogP contribution in [0, 0.1) is 5.41 Å². The van der Waals surface area contributed by atoms with Crippen molar-refractivity contribution in [3.8, 4) is 0 Å². The van der Waals surface area contributed by atoms with E-state index in [0.717, 1.165) is 18.1 Å². The van der Waals surface area contributed by atoms with Gasteiger partial charge in [-0.2, -0.15) is 0 Å². The van der Waals surface area contributed by atoms with Crippen LogP contribution >= 0.6 is 35.3 Å². The summed E-state index contributed by atoms with van der Waals surface area (Å²) in [5.74, 6) is 0. The SMILES string of the molecule is CN(Cc1sccc1Cl)CC(C)(C)CN.Cl. The van der Waals surface area contributed by atoms with Crippen molar-refractivity contribution in [3.05, 3.63) is 21.3 Å². The first-order chi connectivity index (χ1) is 6.94. The number of hydrogen-bond acceptors (Lipinski definition) is 3. The molecule has 0 spiro atoms. The van der Waals surface area contributed by atoms with E-state index in [9.17, 15) is 0 Å². The summed E-state index contributed by atoms with van der Waals surface area (Å²) in [5.41, 5.74) is 5.87. The normalized spacial score (nSPS) is 11.6. The summed E-state index contributed by atoms with van der Waals surface area (Å²) in [4.78, 5) is 3.50. The lowest BCUT2D eigenvalue weighted by Crippen LogP contribution is -2.36. The van der Waals surface area contributed by atoms with Crippen LogP contribution in [0.5, 0.6) is 0 Å². The molecule has 1 aromatic heterocycles. The van der Waals surface area contributed by atoms with Gasteiger partial charge in [0, 0.05) is 18.0 Å². The summed E-state index contributed by atoms with van der Waals surface area (Å²) >= 11 is 7.75.